The van der Waals surface area contributed by atoms with Crippen LogP contribution in [0.25, 0.3) is 0 Å². The number of aliphatic hydroxyl groups excluding tert-OH is 3. The molecule has 4 rings (SSSR count). The number of anilines is 1. The first kappa shape index (κ1) is 45.3. The summed E-state index contributed by atoms with van der Waals surface area (Å²) in [6.45, 7) is 4.57. The first-order valence-electron chi connectivity index (χ1n) is 18.2. The molecule has 0 unspecified atom stereocenters. The summed E-state index contributed by atoms with van der Waals surface area (Å²) in [5, 5.41) is 45.7. The molecule has 2 aromatic rings. The second-order valence-corrected chi connectivity index (χ2v) is 14.9. The highest BCUT2D eigenvalue weighted by Crippen LogP contribution is 2.37. The molecule has 1 aromatic carbocycles. The van der Waals surface area contributed by atoms with Crippen molar-refractivity contribution in [3.8, 4) is 5.75 Å². The van der Waals surface area contributed by atoms with E-state index >= 15 is 0 Å². The zero-order valence-electron chi connectivity index (χ0n) is 30.8. The molecule has 5 atom stereocenters. The second kappa shape index (κ2) is 23.7. The van der Waals surface area contributed by atoms with Gasteiger partial charge < -0.3 is 64.2 Å². The van der Waals surface area contributed by atoms with E-state index in [9.17, 15) is 29.5 Å². The topological polar surface area (TPSA) is 266 Å². The minimum absolute atomic E-state index is 0.218. The van der Waals surface area contributed by atoms with E-state index in [4.69, 9.17) is 50.4 Å². The molecule has 0 spiro atoms. The van der Waals surface area contributed by atoms with Gasteiger partial charge in [0.15, 0.2) is 5.11 Å². The molecule has 3 heterocycles. The first-order chi connectivity index (χ1) is 26.9. The molecule has 1 aromatic heterocycles. The number of thiocarbonyl (C=S) groups is 1. The molecule has 56 heavy (non-hydrogen) atoms. The summed E-state index contributed by atoms with van der Waals surface area (Å²) in [6, 6.07) is 6.55. The number of benzene rings is 1. The average molecular weight is 831 g/mol. The van der Waals surface area contributed by atoms with E-state index < -0.39 is 44.5 Å². The maximum Gasteiger partial charge on any atom is 0.325 e. The molecule has 7 N–H and O–H groups in total. The van der Waals surface area contributed by atoms with Gasteiger partial charge in [-0.15, -0.1) is 5.10 Å². The number of hydrogen-bond acceptors (Lipinski definition) is 15. The van der Waals surface area contributed by atoms with Crippen LogP contribution in [0.2, 0.25) is 0 Å². The maximum atomic E-state index is 11.4. The van der Waals surface area contributed by atoms with Crippen molar-refractivity contribution in [2.24, 2.45) is 0 Å². The molecule has 2 aliphatic rings. The van der Waals surface area contributed by atoms with Crippen LogP contribution in [-0.2, 0) is 50.8 Å². The summed E-state index contributed by atoms with van der Waals surface area (Å²) in [5.41, 5.74) is 1.54. The van der Waals surface area contributed by atoms with Gasteiger partial charge in [-0.3, -0.25) is 19.1 Å². The second-order valence-electron chi connectivity index (χ2n) is 12.8. The fraction of sp³-hybridized carbons (Fsp3) is 0.618. The highest BCUT2D eigenvalue weighted by Gasteiger charge is 2.45. The Labute approximate surface area is 329 Å². The van der Waals surface area contributed by atoms with Gasteiger partial charge >= 0.3 is 7.60 Å². The quantitative estimate of drug-likeness (QED) is 0.0268. The Morgan fingerprint density at radius 1 is 0.839 bits per heavy atom. The number of aromatic nitrogens is 3. The van der Waals surface area contributed by atoms with Gasteiger partial charge in [-0.25, -0.2) is 4.68 Å². The summed E-state index contributed by atoms with van der Waals surface area (Å²) < 4.78 is 46.1. The first-order valence-corrected chi connectivity index (χ1v) is 20.4. The minimum Gasteiger partial charge on any atom is -0.462 e. The lowest BCUT2D eigenvalue weighted by Crippen LogP contribution is -2.59. The lowest BCUT2D eigenvalue weighted by atomic mass is 9.97. The van der Waals surface area contributed by atoms with E-state index in [1.165, 1.54) is 12.2 Å². The van der Waals surface area contributed by atoms with Gasteiger partial charge in [0.2, 0.25) is 6.29 Å². The molecule has 0 radical (unpaired) electrons. The Kier molecular flexibility index (Phi) is 19.2. The fourth-order valence-electron chi connectivity index (χ4n) is 5.40. The molecule has 2 amide bonds. The van der Waals surface area contributed by atoms with Crippen LogP contribution in [0, 0.1) is 0 Å². The zero-order valence-corrected chi connectivity index (χ0v) is 32.5. The van der Waals surface area contributed by atoms with E-state index in [1.54, 1.807) is 28.9 Å². The van der Waals surface area contributed by atoms with Crippen molar-refractivity contribution in [2.45, 2.75) is 62.9 Å². The number of nitrogens with zero attached hydrogens (tertiary/aromatic N) is 4. The highest BCUT2D eigenvalue weighted by molar-refractivity contribution is 7.80. The summed E-state index contributed by atoms with van der Waals surface area (Å²) >= 11 is 5.39. The van der Waals surface area contributed by atoms with Crippen molar-refractivity contribution in [3.05, 3.63) is 48.3 Å². The predicted molar refractivity (Wildman–Crippen MR) is 202 cm³/mol. The summed E-state index contributed by atoms with van der Waals surface area (Å²) in [7, 11) is -4.36. The molecule has 1 fully saturated rings. The van der Waals surface area contributed by atoms with Crippen LogP contribution in [0.5, 0.6) is 5.75 Å². The molecule has 22 heteroatoms. The van der Waals surface area contributed by atoms with E-state index in [1.807, 2.05) is 6.20 Å². The van der Waals surface area contributed by atoms with E-state index in [2.05, 4.69) is 20.9 Å². The third kappa shape index (κ3) is 16.2. The van der Waals surface area contributed by atoms with Crippen molar-refractivity contribution < 1.29 is 67.7 Å². The normalized spacial score (nSPS) is 21.2. The van der Waals surface area contributed by atoms with Crippen molar-refractivity contribution in [1.29, 1.82) is 0 Å². The van der Waals surface area contributed by atoms with E-state index in [0.29, 0.717) is 70.1 Å². The van der Waals surface area contributed by atoms with Gasteiger partial charge in [-0.05, 0) is 62.2 Å². The van der Waals surface area contributed by atoms with Crippen LogP contribution in [0.1, 0.15) is 25.0 Å². The summed E-state index contributed by atoms with van der Waals surface area (Å²) in [4.78, 5) is 42.3. The molecule has 0 bridgehead atoms. The summed E-state index contributed by atoms with van der Waals surface area (Å²) in [5.74, 6) is -0.360. The largest absolute Gasteiger partial charge is 0.462 e. The smallest absolute Gasteiger partial charge is 0.325 e. The molecule has 2 aliphatic heterocycles. The van der Waals surface area contributed by atoms with Crippen LogP contribution >= 0.6 is 19.8 Å². The van der Waals surface area contributed by atoms with Crippen LogP contribution in [0.3, 0.4) is 0 Å². The van der Waals surface area contributed by atoms with Crippen molar-refractivity contribution >= 4 is 42.4 Å². The van der Waals surface area contributed by atoms with Crippen LogP contribution in [0.4, 0.5) is 5.69 Å². The molecule has 0 aliphatic carbocycles. The molecule has 20 nitrogen and oxygen atoms in total. The monoisotopic (exact) mass is 830 g/mol. The van der Waals surface area contributed by atoms with Crippen LogP contribution < -0.4 is 15.4 Å². The number of aryl methyl sites for hydroxylation is 1. The number of unbranched alkanes of at least 4 members (excludes halogenated alkanes) is 1. The van der Waals surface area contributed by atoms with Gasteiger partial charge in [0, 0.05) is 30.6 Å². The highest BCUT2D eigenvalue weighted by atomic mass is 32.1. The van der Waals surface area contributed by atoms with Crippen LogP contribution in [0.15, 0.2) is 42.6 Å². The number of carbonyl (C=O) groups is 2. The van der Waals surface area contributed by atoms with Gasteiger partial charge in [-0.1, -0.05) is 5.21 Å². The van der Waals surface area contributed by atoms with Crippen LogP contribution in [-0.4, -0.2) is 165 Å². The maximum absolute atomic E-state index is 11.4. The lowest BCUT2D eigenvalue weighted by Gasteiger charge is -2.40. The number of carbonyl (C=O) groups excluding carboxylic acids is 2. The SMILES string of the molecule is O=C1C=CC(=O)N1CCOCCOCCOCCOCCn1cc(CCCCNC(=S)Nc2ccc(O[C@H]3O[C@H](CCP(=O)(O)O)[C@@H](O)[C@H](O)[C@@H]3O)cc2)nn1. The third-order valence-electron chi connectivity index (χ3n) is 8.41. The van der Waals surface area contributed by atoms with Crippen molar-refractivity contribution in [1.82, 2.24) is 25.2 Å². The lowest BCUT2D eigenvalue weighted by molar-refractivity contribution is -0.272. The van der Waals surface area contributed by atoms with Gasteiger partial charge in [-0.2, -0.15) is 0 Å². The van der Waals surface area contributed by atoms with Gasteiger partial charge in [0.1, 0.15) is 24.1 Å². The Morgan fingerprint density at radius 3 is 2.07 bits per heavy atom. The number of aliphatic hydroxyl groups is 3. The van der Waals surface area contributed by atoms with Gasteiger partial charge in [0.25, 0.3) is 11.8 Å². The minimum atomic E-state index is -4.36. The molecular weight excluding hydrogens is 779 g/mol. The van der Waals surface area contributed by atoms with Gasteiger partial charge in [0.05, 0.1) is 83.9 Å². The van der Waals surface area contributed by atoms with Crippen molar-refractivity contribution in [2.75, 3.05) is 77.4 Å². The Morgan fingerprint density at radius 2 is 1.45 bits per heavy atom. The number of hydrogen-bond donors (Lipinski definition) is 7. The zero-order chi connectivity index (χ0) is 40.3. The average Bonchev–Trinajstić information content (AvgIpc) is 3.75. The molecule has 1 saturated heterocycles. The molecule has 312 valence electrons. The number of ether oxygens (including phenoxy) is 6. The number of nitrogens with one attached hydrogen (secondary N) is 2. The molecular formula is C34H51N6O14PS. The molecule has 0 saturated carbocycles. The van der Waals surface area contributed by atoms with E-state index in [-0.39, 0.29) is 37.1 Å². The third-order valence-corrected chi connectivity index (χ3v) is 9.50. The standard InChI is InChI=1S/C34H51N6O14PS/c41-28-8-9-29(42)40(28)13-15-50-17-19-52-21-20-51-18-16-49-14-12-39-23-25(37-38-39)3-1-2-11-35-34(56)36-24-4-6-26(7-5-24)53-33-32(45)31(44)30(43)27(54-33)10-22-55(46,47)48/h4-9,23,27,30-33,43-45H,1-3,10-22H2,(H2,35,36,56)(H2,46,47,48)/t27-,30-,31+,32+,33+/m1/s1. The van der Waals surface area contributed by atoms with E-state index in [0.717, 1.165) is 29.9 Å². The number of amides is 2. The summed E-state index contributed by atoms with van der Waals surface area (Å²) in [6.07, 6.45) is -1.23. The predicted octanol–water partition coefficient (Wildman–Crippen LogP) is -0.667. The Hall–Kier alpha value is -3.44. The Balaban J connectivity index is 0.967. The number of rotatable bonds is 26. The number of imide groups is 1. The fourth-order valence-corrected chi connectivity index (χ4v) is 6.21. The van der Waals surface area contributed by atoms with Crippen molar-refractivity contribution in [3.63, 3.8) is 0 Å². The Bertz CT molecular complexity index is 1580.